The molecular formula is C15H9IN2O3. The first-order valence-electron chi connectivity index (χ1n) is 6.11. The number of nitro groups is 1. The normalized spacial score (nSPS) is 10.5. The third kappa shape index (κ3) is 2.80. The van der Waals surface area contributed by atoms with Crippen LogP contribution < -0.4 is 4.74 Å². The largest absolute Gasteiger partial charge is 0.455 e. The molecular weight excluding hydrogens is 383 g/mol. The Bertz CT molecular complexity index is 836. The van der Waals surface area contributed by atoms with E-state index in [1.807, 2.05) is 24.3 Å². The van der Waals surface area contributed by atoms with Gasteiger partial charge < -0.3 is 4.74 Å². The molecule has 1 aromatic heterocycles. The van der Waals surface area contributed by atoms with Gasteiger partial charge in [0.25, 0.3) is 5.69 Å². The third-order valence-electron chi connectivity index (χ3n) is 2.93. The van der Waals surface area contributed by atoms with E-state index in [9.17, 15) is 10.1 Å². The fraction of sp³-hybridized carbons (Fsp3) is 0. The molecule has 0 saturated heterocycles. The molecule has 5 nitrogen and oxygen atoms in total. The third-order valence-corrected chi connectivity index (χ3v) is 3.60. The van der Waals surface area contributed by atoms with Crippen LogP contribution in [0.15, 0.2) is 54.7 Å². The van der Waals surface area contributed by atoms with Crippen molar-refractivity contribution in [2.45, 2.75) is 0 Å². The van der Waals surface area contributed by atoms with E-state index in [1.165, 1.54) is 6.07 Å². The van der Waals surface area contributed by atoms with E-state index in [-0.39, 0.29) is 5.69 Å². The second-order valence-electron chi connectivity index (χ2n) is 4.30. The summed E-state index contributed by atoms with van der Waals surface area (Å²) in [6.45, 7) is 0. The number of halogens is 1. The Labute approximate surface area is 133 Å². The van der Waals surface area contributed by atoms with E-state index in [0.717, 1.165) is 3.57 Å². The summed E-state index contributed by atoms with van der Waals surface area (Å²) in [5.41, 5.74) is 0.499. The molecule has 6 heteroatoms. The average Bonchev–Trinajstić information content (AvgIpc) is 2.47. The highest BCUT2D eigenvalue weighted by atomic mass is 127. The molecule has 0 aliphatic heterocycles. The highest BCUT2D eigenvalue weighted by molar-refractivity contribution is 14.1. The van der Waals surface area contributed by atoms with Gasteiger partial charge >= 0.3 is 0 Å². The zero-order valence-electron chi connectivity index (χ0n) is 10.7. The maximum atomic E-state index is 11.1. The fourth-order valence-electron chi connectivity index (χ4n) is 2.03. The summed E-state index contributed by atoms with van der Waals surface area (Å²) in [6, 6.07) is 13.9. The van der Waals surface area contributed by atoms with Crippen LogP contribution in [-0.2, 0) is 0 Å². The van der Waals surface area contributed by atoms with Crippen molar-refractivity contribution in [2.75, 3.05) is 0 Å². The maximum Gasteiger partial charge on any atom is 0.279 e. The summed E-state index contributed by atoms with van der Waals surface area (Å²) < 4.78 is 6.86. The Hall–Kier alpha value is -2.22. The van der Waals surface area contributed by atoms with Crippen molar-refractivity contribution >= 4 is 39.2 Å². The summed E-state index contributed by atoms with van der Waals surface area (Å²) >= 11 is 2.20. The van der Waals surface area contributed by atoms with Gasteiger partial charge in [0.2, 0.25) is 0 Å². The lowest BCUT2D eigenvalue weighted by atomic mass is 10.1. The minimum absolute atomic E-state index is 0.0214. The first kappa shape index (κ1) is 13.7. The molecule has 3 rings (SSSR count). The number of rotatable bonds is 3. The van der Waals surface area contributed by atoms with Crippen molar-refractivity contribution in [3.8, 4) is 11.5 Å². The van der Waals surface area contributed by atoms with Crippen LogP contribution in [0.25, 0.3) is 10.9 Å². The summed E-state index contributed by atoms with van der Waals surface area (Å²) in [5, 5.41) is 11.5. The van der Waals surface area contributed by atoms with Crippen LogP contribution in [0.1, 0.15) is 0 Å². The Balaban J connectivity index is 2.12. The Morgan fingerprint density at radius 3 is 2.76 bits per heavy atom. The van der Waals surface area contributed by atoms with Crippen molar-refractivity contribution < 1.29 is 9.66 Å². The molecule has 0 amide bonds. The molecule has 0 radical (unpaired) electrons. The molecule has 0 aliphatic rings. The monoisotopic (exact) mass is 392 g/mol. The summed E-state index contributed by atoms with van der Waals surface area (Å²) in [4.78, 5) is 14.9. The van der Waals surface area contributed by atoms with E-state index < -0.39 is 4.92 Å². The smallest absolute Gasteiger partial charge is 0.279 e. The van der Waals surface area contributed by atoms with Gasteiger partial charge in [0.05, 0.1) is 10.3 Å². The molecule has 0 saturated carbocycles. The van der Waals surface area contributed by atoms with Gasteiger partial charge in [-0.2, -0.15) is 0 Å². The average molecular weight is 392 g/mol. The van der Waals surface area contributed by atoms with Gasteiger partial charge in [-0.3, -0.25) is 15.1 Å². The van der Waals surface area contributed by atoms with Gasteiger partial charge in [-0.1, -0.05) is 6.07 Å². The molecule has 104 valence electrons. The maximum absolute atomic E-state index is 11.1. The quantitative estimate of drug-likeness (QED) is 0.373. The van der Waals surface area contributed by atoms with Gasteiger partial charge in [-0.25, -0.2) is 0 Å². The second kappa shape index (κ2) is 5.65. The van der Waals surface area contributed by atoms with E-state index in [2.05, 4.69) is 27.6 Å². The first-order valence-corrected chi connectivity index (χ1v) is 7.18. The van der Waals surface area contributed by atoms with Crippen molar-refractivity contribution in [2.24, 2.45) is 0 Å². The number of hydrogen-bond donors (Lipinski definition) is 0. The van der Waals surface area contributed by atoms with E-state index >= 15 is 0 Å². The predicted octanol–water partition coefficient (Wildman–Crippen LogP) is 4.54. The van der Waals surface area contributed by atoms with Gasteiger partial charge in [0.15, 0.2) is 5.75 Å². The SMILES string of the molecule is O=[N+]([O-])c1ccc(Oc2cccc(I)c2)c2ncccc12. The topological polar surface area (TPSA) is 65.3 Å². The van der Waals surface area contributed by atoms with Crippen LogP contribution in [0.4, 0.5) is 5.69 Å². The van der Waals surface area contributed by atoms with Gasteiger partial charge in [-0.15, -0.1) is 0 Å². The number of hydrogen-bond acceptors (Lipinski definition) is 4. The number of non-ortho nitro benzene ring substituents is 1. The zero-order valence-corrected chi connectivity index (χ0v) is 12.9. The molecule has 3 aromatic rings. The molecule has 0 spiro atoms. The number of nitro benzene ring substituents is 1. The zero-order chi connectivity index (χ0) is 14.8. The van der Waals surface area contributed by atoms with Crippen molar-refractivity contribution in [1.82, 2.24) is 4.98 Å². The van der Waals surface area contributed by atoms with E-state index in [4.69, 9.17) is 4.74 Å². The van der Waals surface area contributed by atoms with Crippen LogP contribution in [0.2, 0.25) is 0 Å². The molecule has 0 unspecified atom stereocenters. The number of benzene rings is 2. The first-order chi connectivity index (χ1) is 10.1. The summed E-state index contributed by atoms with van der Waals surface area (Å²) in [5.74, 6) is 1.17. The van der Waals surface area contributed by atoms with Gasteiger partial charge in [-0.05, 0) is 59.0 Å². The van der Waals surface area contributed by atoms with Crippen molar-refractivity contribution in [3.63, 3.8) is 0 Å². The Morgan fingerprint density at radius 2 is 2.00 bits per heavy atom. The number of ether oxygens (including phenoxy) is 1. The molecule has 21 heavy (non-hydrogen) atoms. The van der Waals surface area contributed by atoms with Crippen molar-refractivity contribution in [3.05, 3.63) is 68.4 Å². The summed E-state index contributed by atoms with van der Waals surface area (Å²) in [7, 11) is 0. The molecule has 0 aliphatic carbocycles. The lowest BCUT2D eigenvalue weighted by molar-refractivity contribution is -0.383. The standard InChI is InChI=1S/C15H9IN2O3/c16-10-3-1-4-11(9-10)21-14-7-6-13(18(19)20)12-5-2-8-17-15(12)14/h1-9H. The lowest BCUT2D eigenvalue weighted by Crippen LogP contribution is -1.93. The van der Waals surface area contributed by atoms with Crippen LogP contribution in [0.5, 0.6) is 11.5 Å². The summed E-state index contributed by atoms with van der Waals surface area (Å²) in [6.07, 6.45) is 1.59. The number of pyridine rings is 1. The van der Waals surface area contributed by atoms with E-state index in [0.29, 0.717) is 22.4 Å². The molecule has 0 atom stereocenters. The minimum atomic E-state index is -0.417. The van der Waals surface area contributed by atoms with Crippen molar-refractivity contribution in [1.29, 1.82) is 0 Å². The second-order valence-corrected chi connectivity index (χ2v) is 5.54. The van der Waals surface area contributed by atoms with Crippen LogP contribution in [0, 0.1) is 13.7 Å². The van der Waals surface area contributed by atoms with Gasteiger partial charge in [0.1, 0.15) is 11.3 Å². The Morgan fingerprint density at radius 1 is 1.14 bits per heavy atom. The molecule has 0 fully saturated rings. The predicted molar refractivity (Wildman–Crippen MR) is 87.6 cm³/mol. The number of nitrogens with zero attached hydrogens (tertiary/aromatic N) is 2. The lowest BCUT2D eigenvalue weighted by Gasteiger charge is -2.08. The molecule has 2 aromatic carbocycles. The van der Waals surface area contributed by atoms with Crippen LogP contribution >= 0.6 is 22.6 Å². The minimum Gasteiger partial charge on any atom is -0.455 e. The molecule has 1 heterocycles. The Kier molecular flexibility index (Phi) is 3.70. The highest BCUT2D eigenvalue weighted by Gasteiger charge is 2.16. The highest BCUT2D eigenvalue weighted by Crippen LogP contribution is 2.34. The van der Waals surface area contributed by atoms with Crippen LogP contribution in [-0.4, -0.2) is 9.91 Å². The fourth-order valence-corrected chi connectivity index (χ4v) is 2.55. The van der Waals surface area contributed by atoms with Crippen LogP contribution in [0.3, 0.4) is 0 Å². The van der Waals surface area contributed by atoms with Gasteiger partial charge in [0, 0.05) is 15.8 Å². The number of aromatic nitrogens is 1. The molecule has 0 bridgehead atoms. The number of fused-ring (bicyclic) bond motifs is 1. The molecule has 0 N–H and O–H groups in total. The van der Waals surface area contributed by atoms with E-state index in [1.54, 1.807) is 24.4 Å².